The summed E-state index contributed by atoms with van der Waals surface area (Å²) in [4.78, 5) is 53.6. The molecule has 8 N–H and O–H groups in total. The van der Waals surface area contributed by atoms with Crippen LogP contribution in [0, 0.1) is 5.41 Å². The fourth-order valence-electron chi connectivity index (χ4n) is 3.84. The van der Waals surface area contributed by atoms with Crippen LogP contribution in [-0.2, 0) is 40.4 Å². The second kappa shape index (κ2) is 13.3. The lowest BCUT2D eigenvalue weighted by atomic mass is 9.84. The maximum absolute atomic E-state index is 13.2. The zero-order valence-electron chi connectivity index (χ0n) is 23.5. The van der Waals surface area contributed by atoms with Crippen molar-refractivity contribution in [1.82, 2.24) is 30.6 Å². The van der Waals surface area contributed by atoms with Gasteiger partial charge in [0.05, 0.1) is 12.1 Å². The number of nitrogens with one attached hydrogen (secondary N) is 4. The number of aromatic amines is 1. The lowest BCUT2D eigenvalue weighted by Crippen LogP contribution is -2.76. The monoisotopic (exact) mass is 665 g/mol. The molecular weight excluding hydrogens is 638 g/mol. The smallest absolute Gasteiger partial charge is 0.418 e. The summed E-state index contributed by atoms with van der Waals surface area (Å²) < 4.78 is 40.8. The van der Waals surface area contributed by atoms with Gasteiger partial charge in [0.1, 0.15) is 35.8 Å². The van der Waals surface area contributed by atoms with Crippen molar-refractivity contribution >= 4 is 56.2 Å². The molecule has 3 heterocycles. The Morgan fingerprint density at radius 2 is 2.02 bits per heavy atom. The number of aliphatic carboxylic acids is 1. The van der Waals surface area contributed by atoms with Crippen molar-refractivity contribution in [3.63, 3.8) is 0 Å². The molecule has 0 unspecified atom stereocenters. The Morgan fingerprint density at radius 1 is 1.31 bits per heavy atom. The van der Waals surface area contributed by atoms with Crippen molar-refractivity contribution in [2.45, 2.75) is 38.1 Å². The number of carboxylic acids is 1. The van der Waals surface area contributed by atoms with Crippen LogP contribution in [0.2, 0.25) is 0 Å². The largest absolute Gasteiger partial charge is 0.489 e. The molecule has 2 aromatic heterocycles. The maximum atomic E-state index is 13.2. The molecule has 240 valence electrons. The van der Waals surface area contributed by atoms with Gasteiger partial charge in [-0.2, -0.15) is 13.5 Å². The molecule has 1 aliphatic heterocycles. The van der Waals surface area contributed by atoms with Gasteiger partial charge in [0.25, 0.3) is 17.9 Å². The van der Waals surface area contributed by atoms with Gasteiger partial charge in [-0.25, -0.2) is 14.8 Å². The second-order valence-corrected chi connectivity index (χ2v) is 11.6. The van der Waals surface area contributed by atoms with E-state index in [0.29, 0.717) is 23.0 Å². The van der Waals surface area contributed by atoms with Crippen molar-refractivity contribution in [3.05, 3.63) is 59.1 Å². The molecular formula is C24H27N9O10S2. The Balaban J connectivity index is 1.41. The molecule has 2 atom stereocenters. The number of hydroxylamine groups is 2. The van der Waals surface area contributed by atoms with E-state index in [-0.39, 0.29) is 22.4 Å². The number of hydrogen-bond acceptors (Lipinski definition) is 14. The number of nitrogens with zero attached hydrogens (tertiary/aromatic N) is 4. The predicted molar refractivity (Wildman–Crippen MR) is 155 cm³/mol. The van der Waals surface area contributed by atoms with Crippen LogP contribution in [-0.4, -0.2) is 91.7 Å². The number of thiazole rings is 1. The van der Waals surface area contributed by atoms with Crippen molar-refractivity contribution in [1.29, 1.82) is 5.41 Å². The summed E-state index contributed by atoms with van der Waals surface area (Å²) in [6.45, 7) is 2.47. The first kappa shape index (κ1) is 32.8. The lowest BCUT2D eigenvalue weighted by molar-refractivity contribution is -0.218. The van der Waals surface area contributed by atoms with Crippen LogP contribution in [0.5, 0.6) is 5.75 Å². The number of ether oxygens (including phenoxy) is 1. The highest BCUT2D eigenvalue weighted by atomic mass is 32.3. The van der Waals surface area contributed by atoms with E-state index in [9.17, 15) is 27.9 Å². The molecule has 19 nitrogen and oxygen atoms in total. The Bertz CT molecular complexity index is 1710. The number of carbonyl (C=O) groups excluding carboxylic acids is 2. The normalized spacial score (nSPS) is 16.8. The fourth-order valence-corrected chi connectivity index (χ4v) is 4.84. The lowest BCUT2D eigenvalue weighted by Gasteiger charge is -2.50. The van der Waals surface area contributed by atoms with E-state index in [4.69, 9.17) is 25.3 Å². The van der Waals surface area contributed by atoms with E-state index in [1.807, 2.05) is 0 Å². The van der Waals surface area contributed by atoms with Gasteiger partial charge < -0.3 is 36.0 Å². The molecule has 1 fully saturated rings. The van der Waals surface area contributed by atoms with E-state index in [0.717, 1.165) is 11.3 Å². The molecule has 45 heavy (non-hydrogen) atoms. The average molecular weight is 666 g/mol. The first-order chi connectivity index (χ1) is 21.2. The number of hydrogen-bond donors (Lipinski definition) is 7. The summed E-state index contributed by atoms with van der Waals surface area (Å²) in [6, 6.07) is 4.87. The van der Waals surface area contributed by atoms with Crippen molar-refractivity contribution < 1.29 is 46.3 Å². The standard InChI is InChI=1S/C24H27N9O10S2/c1-24(2)18(21(35)33(24)43-45(38,39)40)31-20(34)17(14-11-44-23(26)30-14)32-42-15(22(36)37)10-41-13-5-3-12(4-6-13)19(25)29-9-16-27-7-8-28-16/h3-8,11,15,18H,9-10H2,1-2H3,(H2,25,29)(H2,26,30)(H,27,28)(H,31,34)(H,36,37)(H,38,39,40)/t15-,18+/m0/s1. The van der Waals surface area contributed by atoms with E-state index < -0.39 is 58.2 Å². The minimum Gasteiger partial charge on any atom is -0.489 e. The highest BCUT2D eigenvalue weighted by Crippen LogP contribution is 2.33. The van der Waals surface area contributed by atoms with Crippen LogP contribution in [0.25, 0.3) is 0 Å². The number of amidine groups is 1. The van der Waals surface area contributed by atoms with Crippen molar-refractivity contribution in [3.8, 4) is 5.75 Å². The van der Waals surface area contributed by atoms with Crippen LogP contribution in [0.3, 0.4) is 0 Å². The van der Waals surface area contributed by atoms with Gasteiger partial charge in [-0.05, 0) is 38.1 Å². The van der Waals surface area contributed by atoms with Gasteiger partial charge in [0, 0.05) is 23.3 Å². The van der Waals surface area contributed by atoms with Crippen molar-refractivity contribution in [2.75, 3.05) is 12.3 Å². The Labute approximate surface area is 258 Å². The fraction of sp³-hybridized carbons (Fsp3) is 0.292. The van der Waals surface area contributed by atoms with E-state index >= 15 is 0 Å². The van der Waals surface area contributed by atoms with E-state index in [1.165, 1.54) is 31.4 Å². The summed E-state index contributed by atoms with van der Waals surface area (Å²) >= 11 is 0.945. The third kappa shape index (κ3) is 8.08. The third-order valence-corrected chi connectivity index (χ3v) is 7.19. The van der Waals surface area contributed by atoms with Gasteiger partial charge in [-0.3, -0.25) is 19.6 Å². The van der Waals surface area contributed by atoms with Crippen LogP contribution in [0.4, 0.5) is 5.13 Å². The maximum Gasteiger partial charge on any atom is 0.418 e. The molecule has 21 heteroatoms. The van der Waals surface area contributed by atoms with Gasteiger partial charge >= 0.3 is 16.4 Å². The molecule has 0 saturated carbocycles. The SMILES string of the molecule is CC1(C)[C@H](NC(=O)C(=NO[C@@H](COc2ccc(C(=N)NCc3ncc[nH]3)cc2)C(=O)O)c2csc(N)n2)C(=O)N1OS(=O)(=O)O. The molecule has 1 saturated heterocycles. The van der Waals surface area contributed by atoms with E-state index in [1.54, 1.807) is 24.5 Å². The van der Waals surface area contributed by atoms with Crippen LogP contribution in [0.1, 0.15) is 30.9 Å². The van der Waals surface area contributed by atoms with Gasteiger partial charge in [-0.15, -0.1) is 15.6 Å². The number of β-lactam (4-membered cyclic amide) rings is 1. The molecule has 0 aliphatic carbocycles. The Hall–Kier alpha value is -5.12. The number of benzene rings is 1. The van der Waals surface area contributed by atoms with Gasteiger partial charge in [0.15, 0.2) is 10.8 Å². The van der Waals surface area contributed by atoms with Gasteiger partial charge in [0.2, 0.25) is 0 Å². The highest BCUT2D eigenvalue weighted by molar-refractivity contribution is 7.80. The zero-order chi connectivity index (χ0) is 32.9. The predicted octanol–water partition coefficient (Wildman–Crippen LogP) is -0.344. The molecule has 0 spiro atoms. The molecule has 2 amide bonds. The number of nitrogen functional groups attached to an aromatic ring is 1. The number of carbonyl (C=O) groups is 3. The van der Waals surface area contributed by atoms with Crippen LogP contribution < -0.4 is 21.1 Å². The number of oxime groups is 1. The summed E-state index contributed by atoms with van der Waals surface area (Å²) in [5.41, 5.74) is 4.12. The van der Waals surface area contributed by atoms with Crippen molar-refractivity contribution in [2.24, 2.45) is 5.16 Å². The molecule has 1 aromatic carbocycles. The van der Waals surface area contributed by atoms with E-state index in [2.05, 4.69) is 35.0 Å². The number of amides is 2. The molecule has 3 aromatic rings. The summed E-state index contributed by atoms with van der Waals surface area (Å²) in [5.74, 6) is -2.50. The number of anilines is 1. The Kier molecular flexibility index (Phi) is 9.66. The summed E-state index contributed by atoms with van der Waals surface area (Å²) in [6.07, 6.45) is 1.55. The molecule has 0 bridgehead atoms. The molecule has 1 aliphatic rings. The topological polar surface area (TPSA) is 285 Å². The number of carboxylic acid groups (broad SMARTS) is 1. The summed E-state index contributed by atoms with van der Waals surface area (Å²) in [5, 5.41) is 28.5. The minimum atomic E-state index is -5.02. The number of nitrogens with two attached hydrogens (primary N) is 1. The number of imidazole rings is 1. The number of rotatable bonds is 14. The summed E-state index contributed by atoms with van der Waals surface area (Å²) in [7, 11) is -5.02. The van der Waals surface area contributed by atoms with Gasteiger partial charge in [-0.1, -0.05) is 5.16 Å². The molecule has 0 radical (unpaired) electrons. The first-order valence-electron chi connectivity index (χ1n) is 12.7. The molecule has 4 rings (SSSR count). The van der Waals surface area contributed by atoms with Crippen LogP contribution in [0.15, 0.2) is 47.2 Å². The number of H-pyrrole nitrogens is 1. The first-order valence-corrected chi connectivity index (χ1v) is 14.9. The number of aromatic nitrogens is 3. The zero-order valence-corrected chi connectivity index (χ0v) is 25.1. The third-order valence-electron chi connectivity index (χ3n) is 6.18. The quantitative estimate of drug-likeness (QED) is 0.0381. The van der Waals surface area contributed by atoms with Crippen LogP contribution >= 0.6 is 11.3 Å². The second-order valence-electron chi connectivity index (χ2n) is 9.74. The Morgan fingerprint density at radius 3 is 2.58 bits per heavy atom. The highest BCUT2D eigenvalue weighted by Gasteiger charge is 2.58. The minimum absolute atomic E-state index is 0.0455. The average Bonchev–Trinajstić information content (AvgIpc) is 3.66.